The Hall–Kier alpha value is -3.26. The molecule has 3 aromatic rings. The first-order valence-electron chi connectivity index (χ1n) is 15.3. The number of ether oxygens (including phenoxy) is 1. The second-order valence-electron chi connectivity index (χ2n) is 13.0. The molecule has 1 aliphatic carbocycles. The van der Waals surface area contributed by atoms with Gasteiger partial charge < -0.3 is 25.3 Å². The fourth-order valence-corrected chi connectivity index (χ4v) is 7.42. The summed E-state index contributed by atoms with van der Waals surface area (Å²) in [5, 5.41) is 6.36. The third-order valence-corrected chi connectivity index (χ3v) is 10.0. The molecule has 2 aromatic carbocycles. The van der Waals surface area contributed by atoms with Crippen LogP contribution < -0.4 is 20.6 Å². The normalized spacial score (nSPS) is 19.0. The minimum absolute atomic E-state index is 0.0248. The summed E-state index contributed by atoms with van der Waals surface area (Å²) in [6, 6.07) is 11.3. The van der Waals surface area contributed by atoms with Crippen molar-refractivity contribution in [2.75, 3.05) is 23.7 Å². The molecule has 0 aliphatic heterocycles. The Labute approximate surface area is 270 Å². The summed E-state index contributed by atoms with van der Waals surface area (Å²) < 4.78 is 37.7. The molecule has 246 valence electrons. The maximum absolute atomic E-state index is 13.5. The number of rotatable bonds is 12. The van der Waals surface area contributed by atoms with Gasteiger partial charge in [-0.2, -0.15) is 8.42 Å². The van der Waals surface area contributed by atoms with Crippen molar-refractivity contribution < 1.29 is 26.9 Å². The van der Waals surface area contributed by atoms with Crippen LogP contribution in [0.3, 0.4) is 0 Å². The van der Waals surface area contributed by atoms with Gasteiger partial charge in [0.15, 0.2) is 10.5 Å². The lowest BCUT2D eigenvalue weighted by molar-refractivity contribution is -0.170. The molecule has 2 unspecified atom stereocenters. The van der Waals surface area contributed by atoms with Gasteiger partial charge in [0, 0.05) is 43.0 Å². The first-order valence-corrected chi connectivity index (χ1v) is 17.5. The van der Waals surface area contributed by atoms with Gasteiger partial charge in [-0.25, -0.2) is 4.98 Å². The van der Waals surface area contributed by atoms with E-state index in [1.54, 1.807) is 45.0 Å². The SMILES string of the molecule is CC(C)N(CCNc1ccc(S(=O)(=O)Oc2ccc3nc(NC(=O)C4(C(=O)OC(C)(C)C)CCCC4N)sc3c2)cc1)C(C)C. The molecule has 1 fully saturated rings. The van der Waals surface area contributed by atoms with Crippen molar-refractivity contribution in [3.63, 3.8) is 0 Å². The molecule has 0 bridgehead atoms. The molecule has 11 nitrogen and oxygen atoms in total. The number of amides is 1. The summed E-state index contributed by atoms with van der Waals surface area (Å²) in [5.74, 6) is -1.10. The summed E-state index contributed by atoms with van der Waals surface area (Å²) in [7, 11) is -4.10. The van der Waals surface area contributed by atoms with Gasteiger partial charge in [0.1, 0.15) is 16.2 Å². The Kier molecular flexibility index (Phi) is 10.5. The van der Waals surface area contributed by atoms with E-state index in [9.17, 15) is 18.0 Å². The van der Waals surface area contributed by atoms with Gasteiger partial charge in [-0.15, -0.1) is 0 Å². The van der Waals surface area contributed by atoms with E-state index in [0.717, 1.165) is 30.1 Å². The first kappa shape index (κ1) is 34.6. The van der Waals surface area contributed by atoms with Crippen LogP contribution in [0.5, 0.6) is 5.75 Å². The number of carbonyl (C=O) groups is 2. The van der Waals surface area contributed by atoms with Crippen LogP contribution in [0, 0.1) is 5.41 Å². The number of hydrogen-bond acceptors (Lipinski definition) is 11. The van der Waals surface area contributed by atoms with E-state index in [1.807, 2.05) is 0 Å². The predicted molar refractivity (Wildman–Crippen MR) is 178 cm³/mol. The average molecular weight is 660 g/mol. The molecule has 1 heterocycles. The molecule has 45 heavy (non-hydrogen) atoms. The molecule has 0 saturated heterocycles. The summed E-state index contributed by atoms with van der Waals surface area (Å²) in [5.41, 5.74) is 5.35. The molecule has 0 spiro atoms. The van der Waals surface area contributed by atoms with Crippen LogP contribution in [0.1, 0.15) is 67.7 Å². The number of hydrogen-bond donors (Lipinski definition) is 3. The molecule has 1 aromatic heterocycles. The van der Waals surface area contributed by atoms with Crippen molar-refractivity contribution in [1.82, 2.24) is 9.88 Å². The molecule has 1 aliphatic rings. The minimum Gasteiger partial charge on any atom is -0.459 e. The van der Waals surface area contributed by atoms with Gasteiger partial charge in [-0.05, 0) is 97.7 Å². The highest BCUT2D eigenvalue weighted by Gasteiger charge is 2.55. The fourth-order valence-electron chi connectivity index (χ4n) is 5.60. The van der Waals surface area contributed by atoms with E-state index < -0.39 is 39.1 Å². The molecular formula is C32H45N5O6S2. The number of aromatic nitrogens is 1. The Morgan fingerprint density at radius 1 is 1.11 bits per heavy atom. The number of nitrogens with one attached hydrogen (secondary N) is 2. The predicted octanol–water partition coefficient (Wildman–Crippen LogP) is 5.37. The van der Waals surface area contributed by atoms with Crippen molar-refractivity contribution >= 4 is 54.4 Å². The lowest BCUT2D eigenvalue weighted by atomic mass is 9.81. The average Bonchev–Trinajstić information content (AvgIpc) is 3.52. The fraction of sp³-hybridized carbons (Fsp3) is 0.531. The van der Waals surface area contributed by atoms with Crippen LogP contribution in [0.15, 0.2) is 47.4 Å². The Bertz CT molecular complexity index is 1610. The second kappa shape index (κ2) is 13.6. The summed E-state index contributed by atoms with van der Waals surface area (Å²) in [6.07, 6.45) is 1.43. The highest BCUT2D eigenvalue weighted by Crippen LogP contribution is 2.41. The Balaban J connectivity index is 1.43. The highest BCUT2D eigenvalue weighted by molar-refractivity contribution is 7.87. The number of esters is 1. The molecule has 1 saturated carbocycles. The molecule has 4 N–H and O–H groups in total. The molecule has 0 radical (unpaired) electrons. The zero-order valence-corrected chi connectivity index (χ0v) is 28.7. The van der Waals surface area contributed by atoms with Gasteiger partial charge in [-0.3, -0.25) is 14.5 Å². The largest absolute Gasteiger partial charge is 0.459 e. The van der Waals surface area contributed by atoms with Crippen LogP contribution in [-0.2, 0) is 24.4 Å². The maximum Gasteiger partial charge on any atom is 0.339 e. The van der Waals surface area contributed by atoms with Crippen LogP contribution in [0.4, 0.5) is 10.8 Å². The van der Waals surface area contributed by atoms with Gasteiger partial charge in [0.2, 0.25) is 5.91 Å². The molecular weight excluding hydrogens is 615 g/mol. The highest BCUT2D eigenvalue weighted by atomic mass is 32.2. The Morgan fingerprint density at radius 3 is 2.36 bits per heavy atom. The zero-order valence-electron chi connectivity index (χ0n) is 27.0. The third kappa shape index (κ3) is 8.13. The van der Waals surface area contributed by atoms with Crippen LogP contribution in [0.25, 0.3) is 10.2 Å². The van der Waals surface area contributed by atoms with Crippen molar-refractivity contribution in [2.45, 2.75) is 96.4 Å². The summed E-state index contributed by atoms with van der Waals surface area (Å²) in [6.45, 7) is 15.5. The van der Waals surface area contributed by atoms with E-state index in [4.69, 9.17) is 14.7 Å². The number of thiazole rings is 1. The zero-order chi connectivity index (χ0) is 33.2. The Morgan fingerprint density at radius 2 is 1.78 bits per heavy atom. The molecule has 13 heteroatoms. The molecule has 4 rings (SSSR count). The van der Waals surface area contributed by atoms with E-state index in [0.29, 0.717) is 35.1 Å². The van der Waals surface area contributed by atoms with Crippen molar-refractivity contribution in [2.24, 2.45) is 11.1 Å². The van der Waals surface area contributed by atoms with Gasteiger partial charge in [0.25, 0.3) is 0 Å². The quantitative estimate of drug-likeness (QED) is 0.131. The van der Waals surface area contributed by atoms with Gasteiger partial charge in [0.05, 0.1) is 10.2 Å². The van der Waals surface area contributed by atoms with Crippen molar-refractivity contribution in [1.29, 1.82) is 0 Å². The van der Waals surface area contributed by atoms with Crippen LogP contribution in [-0.4, -0.2) is 67.0 Å². The van der Waals surface area contributed by atoms with Gasteiger partial charge >= 0.3 is 16.1 Å². The van der Waals surface area contributed by atoms with E-state index in [1.165, 1.54) is 18.2 Å². The smallest absolute Gasteiger partial charge is 0.339 e. The number of carbonyl (C=O) groups excluding carboxylic acids is 2. The lowest BCUT2D eigenvalue weighted by Gasteiger charge is -2.32. The topological polar surface area (TPSA) is 153 Å². The van der Waals surface area contributed by atoms with E-state index >= 15 is 0 Å². The summed E-state index contributed by atoms with van der Waals surface area (Å²) in [4.78, 5) is 33.5. The van der Waals surface area contributed by atoms with Crippen LogP contribution in [0.2, 0.25) is 0 Å². The number of nitrogens with zero attached hydrogens (tertiary/aromatic N) is 2. The molecule has 2 atom stereocenters. The number of benzene rings is 2. The number of anilines is 2. The summed E-state index contributed by atoms with van der Waals surface area (Å²) >= 11 is 1.14. The lowest BCUT2D eigenvalue weighted by Crippen LogP contribution is -2.54. The monoisotopic (exact) mass is 659 g/mol. The van der Waals surface area contributed by atoms with E-state index in [2.05, 4.69) is 48.2 Å². The standard InChI is InChI=1S/C32H45N5O6S2/c1-20(2)37(21(3)4)18-17-34-22-10-13-24(14-11-22)45(40,41)43-23-12-15-25-26(19-23)44-30(35-25)36-28(38)32(16-8-9-27(32)33)29(39)42-31(5,6)7/h10-15,19-21,27,34H,8-9,16-18,33H2,1-7H3,(H,35,36,38). The maximum atomic E-state index is 13.5. The van der Waals surface area contributed by atoms with Crippen molar-refractivity contribution in [3.05, 3.63) is 42.5 Å². The van der Waals surface area contributed by atoms with Gasteiger partial charge in [-0.1, -0.05) is 17.8 Å². The third-order valence-electron chi connectivity index (χ3n) is 7.84. The number of fused-ring (bicyclic) bond motifs is 1. The first-order chi connectivity index (χ1) is 21.0. The second-order valence-corrected chi connectivity index (χ2v) is 15.6. The van der Waals surface area contributed by atoms with Crippen molar-refractivity contribution in [3.8, 4) is 5.75 Å². The van der Waals surface area contributed by atoms with Crippen LogP contribution >= 0.6 is 11.3 Å². The minimum atomic E-state index is -4.10. The molecule has 1 amide bonds. The number of nitrogens with two attached hydrogens (primary N) is 1. The van der Waals surface area contributed by atoms with E-state index in [-0.39, 0.29) is 22.2 Å².